The maximum absolute atomic E-state index is 12.0. The molecule has 7 nitrogen and oxygen atoms in total. The topological polar surface area (TPSA) is 81.3 Å². The molecule has 0 unspecified atom stereocenters. The SMILES string of the molecule is CCCCc1nc(Cl)c(CN2CCN3C(=O)CNC(=O)[C@@H]3C2)[nH]1. The van der Waals surface area contributed by atoms with Crippen LogP contribution >= 0.6 is 11.6 Å². The van der Waals surface area contributed by atoms with Gasteiger partial charge in [-0.25, -0.2) is 4.98 Å². The average Bonchev–Trinajstić information content (AvgIpc) is 2.89. The van der Waals surface area contributed by atoms with Gasteiger partial charge in [-0.1, -0.05) is 24.9 Å². The van der Waals surface area contributed by atoms with Crippen LogP contribution in [0.5, 0.6) is 0 Å². The molecule has 1 aromatic heterocycles. The Morgan fingerprint density at radius 1 is 1.35 bits per heavy atom. The molecule has 8 heteroatoms. The first-order chi connectivity index (χ1) is 11.1. The molecule has 1 aromatic rings. The lowest BCUT2D eigenvalue weighted by atomic mass is 10.1. The van der Waals surface area contributed by atoms with Gasteiger partial charge in [0.2, 0.25) is 11.8 Å². The normalized spacial score (nSPS) is 22.2. The number of aromatic nitrogens is 2. The van der Waals surface area contributed by atoms with E-state index in [1.54, 1.807) is 4.90 Å². The molecule has 2 aliphatic rings. The first-order valence-corrected chi connectivity index (χ1v) is 8.49. The fourth-order valence-electron chi connectivity index (χ4n) is 3.12. The van der Waals surface area contributed by atoms with Gasteiger partial charge in [0.05, 0.1) is 12.2 Å². The number of carbonyl (C=O) groups excluding carboxylic acids is 2. The van der Waals surface area contributed by atoms with Crippen LogP contribution in [0.1, 0.15) is 31.3 Å². The molecule has 126 valence electrons. The second kappa shape index (κ2) is 6.88. The van der Waals surface area contributed by atoms with Crippen LogP contribution in [-0.2, 0) is 22.6 Å². The Kier molecular flexibility index (Phi) is 4.87. The van der Waals surface area contributed by atoms with Gasteiger partial charge in [0, 0.05) is 32.6 Å². The van der Waals surface area contributed by atoms with Crippen molar-refractivity contribution in [1.82, 2.24) is 25.1 Å². The molecule has 23 heavy (non-hydrogen) atoms. The molecule has 0 bridgehead atoms. The van der Waals surface area contributed by atoms with Crippen molar-refractivity contribution >= 4 is 23.4 Å². The number of aryl methyl sites for hydroxylation is 1. The van der Waals surface area contributed by atoms with Crippen molar-refractivity contribution < 1.29 is 9.59 Å². The minimum atomic E-state index is -0.397. The summed E-state index contributed by atoms with van der Waals surface area (Å²) >= 11 is 6.22. The van der Waals surface area contributed by atoms with E-state index in [4.69, 9.17) is 11.6 Å². The first-order valence-electron chi connectivity index (χ1n) is 8.11. The maximum Gasteiger partial charge on any atom is 0.244 e. The van der Waals surface area contributed by atoms with E-state index in [1.807, 2.05) is 0 Å². The van der Waals surface area contributed by atoms with Crippen molar-refractivity contribution in [2.75, 3.05) is 26.2 Å². The molecule has 1 atom stereocenters. The molecule has 2 amide bonds. The number of H-pyrrole nitrogens is 1. The summed E-state index contributed by atoms with van der Waals surface area (Å²) in [4.78, 5) is 35.3. The number of amides is 2. The average molecular weight is 340 g/mol. The highest BCUT2D eigenvalue weighted by Crippen LogP contribution is 2.19. The fraction of sp³-hybridized carbons (Fsp3) is 0.667. The number of nitrogens with zero attached hydrogens (tertiary/aromatic N) is 3. The molecular weight excluding hydrogens is 318 g/mol. The Labute approximate surface area is 140 Å². The van der Waals surface area contributed by atoms with Crippen molar-refractivity contribution in [2.24, 2.45) is 0 Å². The Morgan fingerprint density at radius 3 is 2.96 bits per heavy atom. The van der Waals surface area contributed by atoms with Crippen molar-refractivity contribution in [1.29, 1.82) is 0 Å². The van der Waals surface area contributed by atoms with Crippen LogP contribution < -0.4 is 5.32 Å². The second-order valence-corrected chi connectivity index (χ2v) is 6.47. The zero-order chi connectivity index (χ0) is 16.4. The van der Waals surface area contributed by atoms with E-state index >= 15 is 0 Å². The van der Waals surface area contributed by atoms with E-state index < -0.39 is 6.04 Å². The number of unbranched alkanes of at least 4 members (excludes halogenated alkanes) is 1. The number of imidazole rings is 1. The van der Waals surface area contributed by atoms with Crippen LogP contribution in [-0.4, -0.2) is 63.8 Å². The summed E-state index contributed by atoms with van der Waals surface area (Å²) in [7, 11) is 0. The van der Waals surface area contributed by atoms with Crippen LogP contribution in [0.15, 0.2) is 0 Å². The summed E-state index contributed by atoms with van der Waals surface area (Å²) < 4.78 is 0. The Hall–Kier alpha value is -1.60. The molecule has 0 radical (unpaired) electrons. The van der Waals surface area contributed by atoms with Gasteiger partial charge in [0.1, 0.15) is 11.9 Å². The number of nitrogens with one attached hydrogen (secondary N) is 2. The molecule has 0 aromatic carbocycles. The Bertz CT molecular complexity index is 603. The molecule has 0 aliphatic carbocycles. The highest BCUT2D eigenvalue weighted by atomic mass is 35.5. The lowest BCUT2D eigenvalue weighted by Crippen LogP contribution is -2.65. The predicted molar refractivity (Wildman–Crippen MR) is 86.0 cm³/mol. The van der Waals surface area contributed by atoms with Gasteiger partial charge < -0.3 is 15.2 Å². The molecular formula is C15H22ClN5O2. The summed E-state index contributed by atoms with van der Waals surface area (Å²) in [6.45, 7) is 4.70. The zero-order valence-electron chi connectivity index (χ0n) is 13.3. The van der Waals surface area contributed by atoms with E-state index in [0.717, 1.165) is 37.3 Å². The molecule has 0 saturated carbocycles. The van der Waals surface area contributed by atoms with Crippen molar-refractivity contribution in [3.8, 4) is 0 Å². The molecule has 2 aliphatic heterocycles. The third kappa shape index (κ3) is 3.50. The quantitative estimate of drug-likeness (QED) is 0.821. The Morgan fingerprint density at radius 2 is 2.17 bits per heavy atom. The minimum absolute atomic E-state index is 0.00401. The summed E-state index contributed by atoms with van der Waals surface area (Å²) in [5.41, 5.74) is 0.883. The van der Waals surface area contributed by atoms with Crippen LogP contribution in [0.2, 0.25) is 5.15 Å². The van der Waals surface area contributed by atoms with E-state index in [-0.39, 0.29) is 18.4 Å². The highest BCUT2D eigenvalue weighted by molar-refractivity contribution is 6.30. The predicted octanol–water partition coefficient (Wildman–Crippen LogP) is 0.548. The molecule has 2 fully saturated rings. The first kappa shape index (κ1) is 16.3. The van der Waals surface area contributed by atoms with Gasteiger partial charge in [-0.15, -0.1) is 0 Å². The summed E-state index contributed by atoms with van der Waals surface area (Å²) in [5, 5.41) is 3.15. The molecule has 3 rings (SSSR count). The Balaban J connectivity index is 1.64. The largest absolute Gasteiger partial charge is 0.345 e. The van der Waals surface area contributed by atoms with Crippen molar-refractivity contribution in [3.63, 3.8) is 0 Å². The number of fused-ring (bicyclic) bond motifs is 1. The van der Waals surface area contributed by atoms with Gasteiger partial charge in [-0.3, -0.25) is 14.5 Å². The lowest BCUT2D eigenvalue weighted by molar-refractivity contribution is -0.149. The number of hydrogen-bond donors (Lipinski definition) is 2. The minimum Gasteiger partial charge on any atom is -0.345 e. The number of rotatable bonds is 5. The van der Waals surface area contributed by atoms with Gasteiger partial charge in [-0.05, 0) is 6.42 Å². The number of aromatic amines is 1. The molecule has 0 spiro atoms. The third-order valence-corrected chi connectivity index (χ3v) is 4.74. The van der Waals surface area contributed by atoms with E-state index in [1.165, 1.54) is 0 Å². The van der Waals surface area contributed by atoms with Crippen LogP contribution in [0.3, 0.4) is 0 Å². The molecule has 3 heterocycles. The van der Waals surface area contributed by atoms with Crippen molar-refractivity contribution in [3.05, 3.63) is 16.7 Å². The van der Waals surface area contributed by atoms with E-state index in [0.29, 0.717) is 24.8 Å². The van der Waals surface area contributed by atoms with Gasteiger partial charge in [0.25, 0.3) is 0 Å². The van der Waals surface area contributed by atoms with Crippen LogP contribution in [0.25, 0.3) is 0 Å². The number of hydrogen-bond acceptors (Lipinski definition) is 4. The van der Waals surface area contributed by atoms with Gasteiger partial charge in [0.15, 0.2) is 5.15 Å². The second-order valence-electron chi connectivity index (χ2n) is 6.11. The van der Waals surface area contributed by atoms with E-state index in [9.17, 15) is 9.59 Å². The highest BCUT2D eigenvalue weighted by Gasteiger charge is 2.38. The van der Waals surface area contributed by atoms with E-state index in [2.05, 4.69) is 27.1 Å². The maximum atomic E-state index is 12.0. The zero-order valence-corrected chi connectivity index (χ0v) is 14.0. The van der Waals surface area contributed by atoms with Gasteiger partial charge >= 0.3 is 0 Å². The standard InChI is InChI=1S/C15H22ClN5O2/c1-2-3-4-12-18-10(14(16)19-12)8-20-5-6-21-11(9-20)15(23)17-7-13(21)22/h11H,2-9H2,1H3,(H,17,23)(H,18,19)/t11-/m0/s1. The monoisotopic (exact) mass is 339 g/mol. The number of piperazine rings is 2. The number of carbonyl (C=O) groups is 2. The van der Waals surface area contributed by atoms with Crippen LogP contribution in [0, 0.1) is 0 Å². The fourth-order valence-corrected chi connectivity index (χ4v) is 3.33. The van der Waals surface area contributed by atoms with Crippen LogP contribution in [0.4, 0.5) is 0 Å². The summed E-state index contributed by atoms with van der Waals surface area (Å²) in [6.07, 6.45) is 3.08. The van der Waals surface area contributed by atoms with Gasteiger partial charge in [-0.2, -0.15) is 0 Å². The van der Waals surface area contributed by atoms with Crippen molar-refractivity contribution in [2.45, 2.75) is 38.8 Å². The smallest absolute Gasteiger partial charge is 0.244 e. The molecule has 2 saturated heterocycles. The third-order valence-electron chi connectivity index (χ3n) is 4.43. The lowest BCUT2D eigenvalue weighted by Gasteiger charge is -2.42. The summed E-state index contributed by atoms with van der Waals surface area (Å²) in [6, 6.07) is -0.397. The molecule has 2 N–H and O–H groups in total. The summed E-state index contributed by atoms with van der Waals surface area (Å²) in [5.74, 6) is 0.834. The number of halogens is 1.